The van der Waals surface area contributed by atoms with Crippen LogP contribution in [0.3, 0.4) is 0 Å². The van der Waals surface area contributed by atoms with E-state index in [1.54, 1.807) is 31.4 Å². The highest BCUT2D eigenvalue weighted by Crippen LogP contribution is 2.45. The number of fused-ring (bicyclic) bond motifs is 1. The largest absolute Gasteiger partial charge is 0.493 e. The van der Waals surface area contributed by atoms with E-state index in [9.17, 15) is 9.90 Å². The molecule has 0 aliphatic rings. The van der Waals surface area contributed by atoms with Crippen LogP contribution in [0, 0.1) is 0 Å². The number of ether oxygens (including phenoxy) is 5. The summed E-state index contributed by atoms with van der Waals surface area (Å²) >= 11 is 0. The lowest BCUT2D eigenvalue weighted by Gasteiger charge is -2.17. The van der Waals surface area contributed by atoms with E-state index in [1.807, 2.05) is 0 Å². The van der Waals surface area contributed by atoms with E-state index in [0.29, 0.717) is 45.2 Å². The van der Waals surface area contributed by atoms with Gasteiger partial charge in [-0.15, -0.1) is 0 Å². The number of hydrogen-bond donors (Lipinski definition) is 1. The zero-order valence-corrected chi connectivity index (χ0v) is 16.7. The molecule has 2 aromatic carbocycles. The van der Waals surface area contributed by atoms with Gasteiger partial charge in [-0.3, -0.25) is 0 Å². The summed E-state index contributed by atoms with van der Waals surface area (Å²) in [5, 5.41) is 10.2. The average molecular weight is 399 g/mol. The van der Waals surface area contributed by atoms with Crippen LogP contribution in [0.25, 0.3) is 22.2 Å². The maximum atomic E-state index is 12.0. The molecule has 1 heterocycles. The molecule has 1 N–H and O–H groups in total. The quantitative estimate of drug-likeness (QED) is 0.643. The van der Waals surface area contributed by atoms with E-state index in [1.165, 1.54) is 34.5 Å². The topological polar surface area (TPSA) is 96.3 Å². The third-order valence-electron chi connectivity index (χ3n) is 4.51. The number of benzene rings is 2. The molecule has 29 heavy (non-hydrogen) atoms. The Labute approximate surface area is 167 Å². The fourth-order valence-corrected chi connectivity index (χ4v) is 3.17. The Kier molecular flexibility index (Phi) is 5.63. The van der Waals surface area contributed by atoms with E-state index in [2.05, 4.69) is 4.98 Å². The summed E-state index contributed by atoms with van der Waals surface area (Å²) in [7, 11) is 7.45. The highest BCUT2D eigenvalue weighted by Gasteiger charge is 2.23. The minimum atomic E-state index is -1.12. The number of carboxylic acid groups (broad SMARTS) is 1. The smallest absolute Gasteiger partial charge is 0.336 e. The van der Waals surface area contributed by atoms with Crippen LogP contribution < -0.4 is 23.7 Å². The molecule has 0 fully saturated rings. The standard InChI is InChI=1S/C21H21NO7/c1-25-15-7-6-11(8-16(15)26-2)13-9-12(21(23)24)18-14(22-13)10-17(27-3)19(28-4)20(18)29-5/h6-10H,1-5H3,(H,23,24). The van der Waals surface area contributed by atoms with Crippen molar-refractivity contribution in [3.8, 4) is 40.0 Å². The van der Waals surface area contributed by atoms with E-state index in [0.717, 1.165) is 0 Å². The zero-order valence-electron chi connectivity index (χ0n) is 16.7. The minimum absolute atomic E-state index is 0.0255. The van der Waals surface area contributed by atoms with Crippen molar-refractivity contribution in [3.05, 3.63) is 35.9 Å². The average Bonchev–Trinajstić information content (AvgIpc) is 2.75. The summed E-state index contributed by atoms with van der Waals surface area (Å²) < 4.78 is 26.8. The summed E-state index contributed by atoms with van der Waals surface area (Å²) in [5.41, 5.74) is 1.53. The first-order chi connectivity index (χ1) is 14.0. The number of pyridine rings is 1. The van der Waals surface area contributed by atoms with Gasteiger partial charge in [-0.1, -0.05) is 0 Å². The molecule has 3 rings (SSSR count). The Morgan fingerprint density at radius 2 is 1.45 bits per heavy atom. The minimum Gasteiger partial charge on any atom is -0.493 e. The van der Waals surface area contributed by atoms with Crippen LogP contribution in [0.2, 0.25) is 0 Å². The Morgan fingerprint density at radius 1 is 0.793 bits per heavy atom. The molecule has 0 unspecified atom stereocenters. The van der Waals surface area contributed by atoms with Crippen LogP contribution in [0.1, 0.15) is 10.4 Å². The third-order valence-corrected chi connectivity index (χ3v) is 4.51. The summed E-state index contributed by atoms with van der Waals surface area (Å²) in [6.45, 7) is 0. The summed E-state index contributed by atoms with van der Waals surface area (Å²) in [6, 6.07) is 8.35. The molecular weight excluding hydrogens is 378 g/mol. The molecule has 0 aliphatic carbocycles. The number of rotatable bonds is 7. The highest BCUT2D eigenvalue weighted by atomic mass is 16.5. The van der Waals surface area contributed by atoms with Gasteiger partial charge in [0.25, 0.3) is 0 Å². The van der Waals surface area contributed by atoms with Crippen molar-refractivity contribution in [2.45, 2.75) is 0 Å². The fraction of sp³-hybridized carbons (Fsp3) is 0.238. The predicted octanol–water partition coefficient (Wildman–Crippen LogP) is 3.64. The number of methoxy groups -OCH3 is 5. The van der Waals surface area contributed by atoms with Crippen LogP contribution in [-0.4, -0.2) is 51.6 Å². The number of hydrogen-bond acceptors (Lipinski definition) is 7. The van der Waals surface area contributed by atoms with Gasteiger partial charge in [-0.2, -0.15) is 0 Å². The van der Waals surface area contributed by atoms with Gasteiger partial charge in [0.05, 0.1) is 57.7 Å². The van der Waals surface area contributed by atoms with Crippen molar-refractivity contribution >= 4 is 16.9 Å². The van der Waals surface area contributed by atoms with Gasteiger partial charge in [0.1, 0.15) is 0 Å². The molecule has 0 saturated heterocycles. The van der Waals surface area contributed by atoms with Crippen molar-refractivity contribution in [1.82, 2.24) is 4.98 Å². The molecule has 152 valence electrons. The number of carboxylic acids is 1. The molecule has 0 aliphatic heterocycles. The first kappa shape index (κ1) is 20.1. The van der Waals surface area contributed by atoms with E-state index in [-0.39, 0.29) is 11.3 Å². The Balaban J connectivity index is 2.36. The van der Waals surface area contributed by atoms with Gasteiger partial charge in [-0.25, -0.2) is 9.78 Å². The molecule has 0 spiro atoms. The van der Waals surface area contributed by atoms with Crippen LogP contribution in [0.15, 0.2) is 30.3 Å². The zero-order chi connectivity index (χ0) is 21.1. The van der Waals surface area contributed by atoms with Crippen molar-refractivity contribution in [1.29, 1.82) is 0 Å². The lowest BCUT2D eigenvalue weighted by atomic mass is 10.0. The summed E-state index contributed by atoms with van der Waals surface area (Å²) in [5.74, 6) is 0.864. The van der Waals surface area contributed by atoms with Gasteiger partial charge >= 0.3 is 5.97 Å². The molecule has 0 radical (unpaired) electrons. The van der Waals surface area contributed by atoms with Gasteiger partial charge in [-0.05, 0) is 24.3 Å². The lowest BCUT2D eigenvalue weighted by Crippen LogP contribution is -2.04. The Morgan fingerprint density at radius 3 is 2.00 bits per heavy atom. The SMILES string of the molecule is COc1ccc(-c2cc(C(=O)O)c3c(OC)c(OC)c(OC)cc3n2)cc1OC. The van der Waals surface area contributed by atoms with Crippen LogP contribution in [0.5, 0.6) is 28.7 Å². The normalized spacial score (nSPS) is 10.5. The van der Waals surface area contributed by atoms with Gasteiger partial charge in [0, 0.05) is 11.6 Å². The molecule has 3 aromatic rings. The van der Waals surface area contributed by atoms with Gasteiger partial charge < -0.3 is 28.8 Å². The molecule has 0 bridgehead atoms. The molecule has 8 nitrogen and oxygen atoms in total. The van der Waals surface area contributed by atoms with Crippen molar-refractivity contribution in [2.75, 3.05) is 35.5 Å². The maximum Gasteiger partial charge on any atom is 0.336 e. The monoisotopic (exact) mass is 399 g/mol. The van der Waals surface area contributed by atoms with Gasteiger partial charge in [0.2, 0.25) is 5.75 Å². The number of carbonyl (C=O) groups is 1. The summed E-state index contributed by atoms with van der Waals surface area (Å²) in [4.78, 5) is 16.7. The first-order valence-corrected chi connectivity index (χ1v) is 8.58. The van der Waals surface area contributed by atoms with Crippen molar-refractivity contribution in [3.63, 3.8) is 0 Å². The number of aromatic carboxylic acids is 1. The van der Waals surface area contributed by atoms with Crippen LogP contribution in [-0.2, 0) is 0 Å². The van der Waals surface area contributed by atoms with Crippen molar-refractivity contribution < 1.29 is 33.6 Å². The van der Waals surface area contributed by atoms with E-state index < -0.39 is 5.97 Å². The summed E-state index contributed by atoms with van der Waals surface area (Å²) in [6.07, 6.45) is 0. The fourth-order valence-electron chi connectivity index (χ4n) is 3.17. The second kappa shape index (κ2) is 8.14. The lowest BCUT2D eigenvalue weighted by molar-refractivity contribution is 0.0698. The van der Waals surface area contributed by atoms with E-state index in [4.69, 9.17) is 23.7 Å². The second-order valence-electron chi connectivity index (χ2n) is 5.97. The molecular formula is C21H21NO7. The molecule has 0 saturated carbocycles. The first-order valence-electron chi connectivity index (χ1n) is 8.58. The number of nitrogens with zero attached hydrogens (tertiary/aromatic N) is 1. The maximum absolute atomic E-state index is 12.0. The van der Waals surface area contributed by atoms with Crippen molar-refractivity contribution in [2.24, 2.45) is 0 Å². The molecule has 1 aromatic heterocycles. The van der Waals surface area contributed by atoms with Crippen LogP contribution >= 0.6 is 0 Å². The molecule has 0 atom stereocenters. The predicted molar refractivity (Wildman–Crippen MR) is 107 cm³/mol. The highest BCUT2D eigenvalue weighted by molar-refractivity contribution is 6.08. The second-order valence-corrected chi connectivity index (χ2v) is 5.97. The van der Waals surface area contributed by atoms with Gasteiger partial charge in [0.15, 0.2) is 23.0 Å². The van der Waals surface area contributed by atoms with E-state index >= 15 is 0 Å². The van der Waals surface area contributed by atoms with Crippen LogP contribution in [0.4, 0.5) is 0 Å². The third kappa shape index (κ3) is 3.44. The molecule has 8 heteroatoms. The Bertz CT molecular complexity index is 1080. The molecule has 0 amide bonds. The number of aromatic nitrogens is 1. The Hall–Kier alpha value is -3.68.